The van der Waals surface area contributed by atoms with E-state index in [0.29, 0.717) is 18.5 Å². The number of sulfonamides is 1. The number of thiophene rings is 1. The van der Waals surface area contributed by atoms with Crippen LogP contribution >= 0.6 is 11.3 Å². The summed E-state index contributed by atoms with van der Waals surface area (Å²) in [4.78, 5) is 11.6. The second-order valence-electron chi connectivity index (χ2n) is 5.88. The molecule has 0 bridgehead atoms. The molecule has 128 valence electrons. The second-order valence-corrected chi connectivity index (χ2v) is 8.77. The first-order valence-corrected chi connectivity index (χ1v) is 10.0. The third-order valence-electron chi connectivity index (χ3n) is 4.08. The predicted molar refractivity (Wildman–Crippen MR) is 92.8 cm³/mol. The van der Waals surface area contributed by atoms with Crippen molar-refractivity contribution in [3.05, 3.63) is 56.3 Å². The number of nitro groups is 1. The average Bonchev–Trinajstić information content (AvgIpc) is 3.22. The summed E-state index contributed by atoms with van der Waals surface area (Å²) in [5, 5.41) is 13.0. The molecule has 1 aromatic carbocycles. The summed E-state index contributed by atoms with van der Waals surface area (Å²) in [5.41, 5.74) is 0.329. The highest BCUT2D eigenvalue weighted by Crippen LogP contribution is 2.34. The van der Waals surface area contributed by atoms with Gasteiger partial charge in [-0.05, 0) is 43.2 Å². The molecule has 0 unspecified atom stereocenters. The smallest absolute Gasteiger partial charge is 0.258 e. The number of rotatable bonds is 7. The lowest BCUT2D eigenvalue weighted by Crippen LogP contribution is -2.35. The molecular weight excluding hydrogens is 348 g/mol. The van der Waals surface area contributed by atoms with Crippen LogP contribution in [0.25, 0.3) is 0 Å². The van der Waals surface area contributed by atoms with Crippen LogP contribution in [0.5, 0.6) is 0 Å². The average molecular weight is 366 g/mol. The monoisotopic (exact) mass is 366 g/mol. The van der Waals surface area contributed by atoms with Crippen molar-refractivity contribution in [2.75, 3.05) is 6.54 Å². The first-order valence-electron chi connectivity index (χ1n) is 7.69. The van der Waals surface area contributed by atoms with Crippen LogP contribution in [0.3, 0.4) is 0 Å². The van der Waals surface area contributed by atoms with Crippen LogP contribution in [0.2, 0.25) is 0 Å². The fraction of sp³-hybridized carbons (Fsp3) is 0.375. The number of benzene rings is 1. The van der Waals surface area contributed by atoms with Gasteiger partial charge in [0.2, 0.25) is 10.0 Å². The molecule has 0 N–H and O–H groups in total. The Hall–Kier alpha value is -1.77. The Labute approximate surface area is 144 Å². The lowest BCUT2D eigenvalue weighted by molar-refractivity contribution is -0.385. The third-order valence-corrected chi connectivity index (χ3v) is 7.11. The Kier molecular flexibility index (Phi) is 4.71. The van der Waals surface area contributed by atoms with Gasteiger partial charge in [-0.1, -0.05) is 12.1 Å². The summed E-state index contributed by atoms with van der Waals surface area (Å²) in [6.07, 6.45) is 2.34. The van der Waals surface area contributed by atoms with Crippen LogP contribution in [0.15, 0.2) is 40.6 Å². The van der Waals surface area contributed by atoms with Crippen molar-refractivity contribution in [3.63, 3.8) is 0 Å². The van der Waals surface area contributed by atoms with E-state index in [4.69, 9.17) is 0 Å². The van der Waals surface area contributed by atoms with Crippen molar-refractivity contribution in [2.45, 2.75) is 37.1 Å². The highest BCUT2D eigenvalue weighted by atomic mass is 32.2. The van der Waals surface area contributed by atoms with Crippen LogP contribution < -0.4 is 0 Å². The van der Waals surface area contributed by atoms with E-state index in [1.807, 2.05) is 17.5 Å². The van der Waals surface area contributed by atoms with Crippen molar-refractivity contribution >= 4 is 27.0 Å². The quantitative estimate of drug-likeness (QED) is 0.556. The predicted octanol–water partition coefficient (Wildman–Crippen LogP) is 3.36. The Morgan fingerprint density at radius 1 is 1.33 bits per heavy atom. The molecule has 0 spiro atoms. The molecule has 8 heteroatoms. The SMILES string of the molecule is Cc1ccc([N+](=O)[O-])cc1S(=O)(=O)N(CCc1cccs1)C1CC1. The maximum absolute atomic E-state index is 13.1. The third kappa shape index (κ3) is 3.50. The molecule has 0 radical (unpaired) electrons. The van der Waals surface area contributed by atoms with E-state index in [2.05, 4.69) is 0 Å². The van der Waals surface area contributed by atoms with Crippen LogP contribution in [-0.4, -0.2) is 30.2 Å². The molecule has 2 aromatic rings. The number of nitro benzene ring substituents is 1. The number of aryl methyl sites for hydroxylation is 1. The van der Waals surface area contributed by atoms with Gasteiger partial charge in [-0.25, -0.2) is 8.42 Å². The van der Waals surface area contributed by atoms with Gasteiger partial charge in [-0.2, -0.15) is 4.31 Å². The minimum atomic E-state index is -3.74. The number of nitrogens with zero attached hydrogens (tertiary/aromatic N) is 2. The van der Waals surface area contributed by atoms with Crippen molar-refractivity contribution in [2.24, 2.45) is 0 Å². The van der Waals surface area contributed by atoms with Crippen molar-refractivity contribution in [3.8, 4) is 0 Å². The fourth-order valence-electron chi connectivity index (χ4n) is 2.64. The van der Waals surface area contributed by atoms with Crippen LogP contribution in [0, 0.1) is 17.0 Å². The van der Waals surface area contributed by atoms with Gasteiger partial charge in [0, 0.05) is 29.6 Å². The molecule has 0 amide bonds. The summed E-state index contributed by atoms with van der Waals surface area (Å²) in [7, 11) is -3.74. The molecule has 3 rings (SSSR count). The highest BCUT2D eigenvalue weighted by Gasteiger charge is 2.38. The lowest BCUT2D eigenvalue weighted by Gasteiger charge is -2.22. The molecule has 0 aliphatic heterocycles. The molecule has 6 nitrogen and oxygen atoms in total. The van der Waals surface area contributed by atoms with Crippen molar-refractivity contribution in [1.29, 1.82) is 0 Å². The largest absolute Gasteiger partial charge is 0.270 e. The first kappa shape index (κ1) is 17.1. The zero-order valence-corrected chi connectivity index (χ0v) is 14.8. The van der Waals surface area contributed by atoms with E-state index in [1.165, 1.54) is 22.5 Å². The Balaban J connectivity index is 1.91. The van der Waals surface area contributed by atoms with Gasteiger partial charge >= 0.3 is 0 Å². The Morgan fingerprint density at radius 2 is 2.08 bits per heavy atom. The fourth-order valence-corrected chi connectivity index (χ4v) is 5.27. The van der Waals surface area contributed by atoms with Crippen LogP contribution in [-0.2, 0) is 16.4 Å². The normalized spacial score (nSPS) is 14.9. The van der Waals surface area contributed by atoms with Gasteiger partial charge in [0.15, 0.2) is 0 Å². The molecule has 0 atom stereocenters. The summed E-state index contributed by atoms with van der Waals surface area (Å²) in [6, 6.07) is 7.94. The Bertz CT molecular complexity index is 843. The molecule has 0 saturated heterocycles. The van der Waals surface area contributed by atoms with Gasteiger partial charge in [-0.15, -0.1) is 11.3 Å². The second kappa shape index (κ2) is 6.62. The number of hydrogen-bond acceptors (Lipinski definition) is 5. The summed E-state index contributed by atoms with van der Waals surface area (Å²) in [6.45, 7) is 2.07. The lowest BCUT2D eigenvalue weighted by atomic mass is 10.2. The number of hydrogen-bond donors (Lipinski definition) is 0. The molecule has 1 heterocycles. The molecule has 1 saturated carbocycles. The van der Waals surface area contributed by atoms with Gasteiger partial charge in [0.05, 0.1) is 9.82 Å². The van der Waals surface area contributed by atoms with Crippen LogP contribution in [0.4, 0.5) is 5.69 Å². The van der Waals surface area contributed by atoms with E-state index in [9.17, 15) is 18.5 Å². The van der Waals surface area contributed by atoms with E-state index >= 15 is 0 Å². The maximum Gasteiger partial charge on any atom is 0.270 e. The molecule has 24 heavy (non-hydrogen) atoms. The molecule has 1 aliphatic carbocycles. The number of non-ortho nitro benzene ring substituents is 1. The summed E-state index contributed by atoms with van der Waals surface area (Å²) >= 11 is 1.60. The molecule has 1 fully saturated rings. The van der Waals surface area contributed by atoms with Gasteiger partial charge in [0.25, 0.3) is 5.69 Å². The standard InChI is InChI=1S/C16H18N2O4S2/c1-12-4-5-14(18(19)20)11-16(12)24(21,22)17(13-6-7-13)9-8-15-3-2-10-23-15/h2-5,10-11,13H,6-9H2,1H3. The van der Waals surface area contributed by atoms with Gasteiger partial charge in [-0.3, -0.25) is 10.1 Å². The summed E-state index contributed by atoms with van der Waals surface area (Å²) < 4.78 is 27.7. The molecule has 1 aromatic heterocycles. The van der Waals surface area contributed by atoms with Crippen molar-refractivity contribution in [1.82, 2.24) is 4.31 Å². The summed E-state index contributed by atoms with van der Waals surface area (Å²) in [5.74, 6) is 0. The van der Waals surface area contributed by atoms with Gasteiger partial charge in [0.1, 0.15) is 0 Å². The van der Waals surface area contributed by atoms with E-state index < -0.39 is 14.9 Å². The zero-order valence-electron chi connectivity index (χ0n) is 13.2. The topological polar surface area (TPSA) is 80.5 Å². The van der Waals surface area contributed by atoms with E-state index in [0.717, 1.165) is 17.7 Å². The first-order chi connectivity index (χ1) is 11.4. The van der Waals surface area contributed by atoms with Gasteiger partial charge < -0.3 is 0 Å². The molecule has 1 aliphatic rings. The molecular formula is C16H18N2O4S2. The van der Waals surface area contributed by atoms with Crippen molar-refractivity contribution < 1.29 is 13.3 Å². The van der Waals surface area contributed by atoms with E-state index in [-0.39, 0.29) is 16.6 Å². The van der Waals surface area contributed by atoms with Crippen LogP contribution in [0.1, 0.15) is 23.3 Å². The maximum atomic E-state index is 13.1. The van der Waals surface area contributed by atoms with E-state index in [1.54, 1.807) is 18.3 Å². The minimum absolute atomic E-state index is 0.00799. The minimum Gasteiger partial charge on any atom is -0.258 e. The highest BCUT2D eigenvalue weighted by molar-refractivity contribution is 7.89. The zero-order chi connectivity index (χ0) is 17.3. The Morgan fingerprint density at radius 3 is 2.67 bits per heavy atom.